The van der Waals surface area contributed by atoms with Crippen LogP contribution in [0.3, 0.4) is 0 Å². The van der Waals surface area contributed by atoms with E-state index < -0.39 is 10.8 Å². The number of nitrogens with zero attached hydrogens (tertiary/aromatic N) is 1. The van der Waals surface area contributed by atoms with Crippen LogP contribution in [0, 0.1) is 0 Å². The normalized spacial score (nSPS) is 12.3. The Balaban J connectivity index is 1.38. The monoisotopic (exact) mass is 1040 g/mol. The number of nitrogens with one attached hydrogen (secondary N) is 4. The summed E-state index contributed by atoms with van der Waals surface area (Å²) >= 11 is 53.3. The second kappa shape index (κ2) is 20.7. The van der Waals surface area contributed by atoms with E-state index in [2.05, 4.69) is 74.7 Å². The van der Waals surface area contributed by atoms with Crippen LogP contribution in [0.5, 0.6) is 11.5 Å². The number of para-hydroxylation sites is 3. The summed E-state index contributed by atoms with van der Waals surface area (Å²) in [5.74, 6) is 0.918. The minimum atomic E-state index is -0.815. The van der Waals surface area contributed by atoms with Crippen LogP contribution in [0.15, 0.2) is 88.6 Å². The molecule has 0 saturated heterocycles. The zero-order chi connectivity index (χ0) is 46.8. The van der Waals surface area contributed by atoms with Crippen LogP contribution in [0.1, 0.15) is 78.9 Å². The zero-order valence-corrected chi connectivity index (χ0v) is 42.7. The van der Waals surface area contributed by atoms with E-state index in [4.69, 9.17) is 97.5 Å². The Labute approximate surface area is 417 Å². The second-order valence-corrected chi connectivity index (χ2v) is 20.5. The standard InChI is InChI=1S/C47H45Cl8N5O3S/c1-8-34(44(61)58-30-16-11-12-17-33(30)63-32-21-18-24(46(4,5)9-2)22-26(32)47(6,7)10-3)64-42-43(59-60(45(42)62)41-38(54)36(52)35(51)37(53)39(41)55)57-31-23-25(19-20-27(31)48)56-40-28(49)14-13-15-29(40)50/h11-23,34,56-57,59H,8-10H2,1-7H3,(H,58,61). The molecule has 0 aliphatic heterocycles. The molecule has 1 unspecified atom stereocenters. The lowest BCUT2D eigenvalue weighted by molar-refractivity contribution is -0.115. The number of amides is 1. The Morgan fingerprint density at radius 2 is 1.33 bits per heavy atom. The van der Waals surface area contributed by atoms with Crippen molar-refractivity contribution in [2.45, 2.75) is 88.7 Å². The number of hydrogen-bond donors (Lipinski definition) is 4. The minimum Gasteiger partial charge on any atom is -0.455 e. The number of H-pyrrole nitrogens is 1. The summed E-state index contributed by atoms with van der Waals surface area (Å²) in [5, 5.41) is 12.3. The summed E-state index contributed by atoms with van der Waals surface area (Å²) in [6, 6.07) is 23.8. The zero-order valence-electron chi connectivity index (χ0n) is 35.8. The van der Waals surface area contributed by atoms with Crippen LogP contribution in [0.25, 0.3) is 5.69 Å². The van der Waals surface area contributed by atoms with Gasteiger partial charge in [-0.1, -0.05) is 172 Å². The summed E-state index contributed by atoms with van der Waals surface area (Å²) in [5.41, 5.74) is 3.25. The molecule has 5 aromatic carbocycles. The van der Waals surface area contributed by atoms with Gasteiger partial charge in [0.05, 0.1) is 62.5 Å². The Morgan fingerprint density at radius 3 is 1.95 bits per heavy atom. The summed E-state index contributed by atoms with van der Waals surface area (Å²) < 4.78 is 7.75. The molecular formula is C47H45Cl8N5O3S. The lowest BCUT2D eigenvalue weighted by Gasteiger charge is -2.30. The number of aromatic nitrogens is 2. The lowest BCUT2D eigenvalue weighted by atomic mass is 9.76. The number of halogens is 8. The van der Waals surface area contributed by atoms with Crippen molar-refractivity contribution in [3.63, 3.8) is 0 Å². The molecule has 17 heteroatoms. The first-order valence-corrected chi connectivity index (χ1v) is 24.2. The van der Waals surface area contributed by atoms with Crippen LogP contribution in [0.4, 0.5) is 28.6 Å². The number of carbonyl (C=O) groups excluding carboxylic acids is 1. The molecule has 0 radical (unpaired) electrons. The van der Waals surface area contributed by atoms with Gasteiger partial charge < -0.3 is 20.7 Å². The molecular weight excluding hydrogens is 998 g/mol. The van der Waals surface area contributed by atoms with E-state index in [1.165, 1.54) is 5.56 Å². The van der Waals surface area contributed by atoms with Gasteiger partial charge in [0.1, 0.15) is 22.2 Å². The number of ether oxygens (including phenoxy) is 1. The largest absolute Gasteiger partial charge is 0.455 e. The van der Waals surface area contributed by atoms with Gasteiger partial charge in [-0.15, -0.1) is 11.8 Å². The van der Waals surface area contributed by atoms with Gasteiger partial charge in [-0.2, -0.15) is 0 Å². The summed E-state index contributed by atoms with van der Waals surface area (Å²) in [6.07, 6.45) is 2.17. The first-order valence-electron chi connectivity index (χ1n) is 20.3. The number of rotatable bonds is 16. The maximum Gasteiger partial charge on any atom is 0.287 e. The van der Waals surface area contributed by atoms with Crippen molar-refractivity contribution in [1.29, 1.82) is 0 Å². The van der Waals surface area contributed by atoms with Crippen molar-refractivity contribution in [3.05, 3.63) is 141 Å². The fourth-order valence-electron chi connectivity index (χ4n) is 6.58. The first kappa shape index (κ1) is 50.1. The summed E-state index contributed by atoms with van der Waals surface area (Å²) in [7, 11) is 0. The minimum absolute atomic E-state index is 0.0270. The van der Waals surface area contributed by atoms with Crippen LogP contribution >= 0.6 is 105 Å². The van der Waals surface area contributed by atoms with Crippen molar-refractivity contribution >= 4 is 139 Å². The molecule has 0 bridgehead atoms. The fraction of sp³-hybridized carbons (Fsp3) is 0.277. The van der Waals surface area contributed by atoms with Crippen molar-refractivity contribution in [3.8, 4) is 17.2 Å². The van der Waals surface area contributed by atoms with Crippen LogP contribution in [0.2, 0.25) is 40.2 Å². The number of carbonyl (C=O) groups is 1. The van der Waals surface area contributed by atoms with Gasteiger partial charge in [0, 0.05) is 11.3 Å². The Bertz CT molecular complexity index is 2740. The van der Waals surface area contributed by atoms with E-state index in [-0.39, 0.29) is 58.3 Å². The molecule has 0 aliphatic rings. The predicted octanol–water partition coefficient (Wildman–Crippen LogP) is 17.6. The van der Waals surface area contributed by atoms with Crippen molar-refractivity contribution in [1.82, 2.24) is 9.78 Å². The van der Waals surface area contributed by atoms with E-state index in [1.807, 2.05) is 31.2 Å². The average molecular weight is 1040 g/mol. The smallest absolute Gasteiger partial charge is 0.287 e. The molecule has 1 atom stereocenters. The van der Waals surface area contributed by atoms with E-state index in [0.29, 0.717) is 55.7 Å². The Morgan fingerprint density at radius 1 is 0.703 bits per heavy atom. The third-order valence-electron chi connectivity index (χ3n) is 11.3. The lowest BCUT2D eigenvalue weighted by Crippen LogP contribution is -2.26. The number of thioether (sulfide) groups is 1. The molecule has 6 aromatic rings. The molecule has 1 heterocycles. The van der Waals surface area contributed by atoms with Crippen molar-refractivity contribution in [2.75, 3.05) is 16.0 Å². The Hall–Kier alpha value is -3.35. The average Bonchev–Trinajstić information content (AvgIpc) is 3.56. The first-order chi connectivity index (χ1) is 30.2. The molecule has 338 valence electrons. The third kappa shape index (κ3) is 10.6. The SMILES string of the molecule is CCC(Sc1c(Nc2cc(Nc3c(Cl)cccc3Cl)ccc2Cl)[nH]n(-c2c(Cl)c(Cl)c(Cl)c(Cl)c2Cl)c1=O)C(=O)Nc1ccccc1Oc1ccc(C(C)(C)CC)cc1C(C)(C)CC. The van der Waals surface area contributed by atoms with E-state index >= 15 is 0 Å². The number of aromatic amines is 1. The van der Waals surface area contributed by atoms with Crippen LogP contribution < -0.4 is 26.2 Å². The topological polar surface area (TPSA) is 100 Å². The summed E-state index contributed by atoms with van der Waals surface area (Å²) in [6.45, 7) is 15.0. The van der Waals surface area contributed by atoms with Crippen molar-refractivity contribution < 1.29 is 9.53 Å². The molecule has 6 rings (SSSR count). The molecule has 0 spiro atoms. The van der Waals surface area contributed by atoms with E-state index in [0.717, 1.165) is 34.8 Å². The number of benzene rings is 5. The molecule has 1 amide bonds. The van der Waals surface area contributed by atoms with Crippen LogP contribution in [-0.2, 0) is 15.6 Å². The molecule has 1 aromatic heterocycles. The molecule has 0 fully saturated rings. The molecule has 0 saturated carbocycles. The highest BCUT2D eigenvalue weighted by atomic mass is 35.5. The van der Waals surface area contributed by atoms with Gasteiger partial charge in [-0.05, 0) is 84.2 Å². The molecule has 0 aliphatic carbocycles. The molecule has 8 nitrogen and oxygen atoms in total. The van der Waals surface area contributed by atoms with Gasteiger partial charge in [-0.3, -0.25) is 14.7 Å². The number of anilines is 5. The van der Waals surface area contributed by atoms with Gasteiger partial charge >= 0.3 is 0 Å². The quantitative estimate of drug-likeness (QED) is 0.0438. The second-order valence-electron chi connectivity index (χ2n) is 16.2. The van der Waals surface area contributed by atoms with E-state index in [9.17, 15) is 9.59 Å². The third-order valence-corrected chi connectivity index (χ3v) is 15.9. The van der Waals surface area contributed by atoms with Crippen molar-refractivity contribution in [2.24, 2.45) is 0 Å². The summed E-state index contributed by atoms with van der Waals surface area (Å²) in [4.78, 5) is 29.1. The predicted molar refractivity (Wildman–Crippen MR) is 274 cm³/mol. The van der Waals surface area contributed by atoms with Gasteiger partial charge in [0.25, 0.3) is 5.56 Å². The highest BCUT2D eigenvalue weighted by molar-refractivity contribution is 8.00. The van der Waals surface area contributed by atoms with Gasteiger partial charge in [0.15, 0.2) is 5.75 Å². The van der Waals surface area contributed by atoms with E-state index in [1.54, 1.807) is 42.5 Å². The molecule has 4 N–H and O–H groups in total. The number of hydrogen-bond acceptors (Lipinski definition) is 6. The highest BCUT2D eigenvalue weighted by Gasteiger charge is 2.30. The highest BCUT2D eigenvalue weighted by Crippen LogP contribution is 2.47. The molecule has 64 heavy (non-hydrogen) atoms. The van der Waals surface area contributed by atoms with Gasteiger partial charge in [0.2, 0.25) is 5.91 Å². The Kier molecular flexibility index (Phi) is 16.2. The fourth-order valence-corrected chi connectivity index (χ4v) is 9.55. The van der Waals surface area contributed by atoms with Crippen LogP contribution in [-0.4, -0.2) is 20.9 Å². The maximum absolute atomic E-state index is 14.6. The van der Waals surface area contributed by atoms with Gasteiger partial charge in [-0.25, -0.2) is 4.68 Å². The maximum atomic E-state index is 14.6.